The van der Waals surface area contributed by atoms with E-state index in [1.54, 1.807) is 19.1 Å². The van der Waals surface area contributed by atoms with E-state index in [0.717, 1.165) is 16.7 Å². The number of rotatable bonds is 7. The zero-order valence-electron chi connectivity index (χ0n) is 19.8. The number of benzene rings is 3. The van der Waals surface area contributed by atoms with Crippen LogP contribution in [0, 0.1) is 12.8 Å². The molecule has 34 heavy (non-hydrogen) atoms. The van der Waals surface area contributed by atoms with Crippen molar-refractivity contribution < 1.29 is 19.1 Å². The molecule has 6 heteroatoms. The minimum atomic E-state index is -0.417. The molecule has 4 rings (SSSR count). The van der Waals surface area contributed by atoms with E-state index in [4.69, 9.17) is 9.47 Å². The van der Waals surface area contributed by atoms with Crippen molar-refractivity contribution in [2.75, 3.05) is 27.3 Å². The number of hydrogen-bond donors (Lipinski definition) is 1. The second-order valence-electron chi connectivity index (χ2n) is 8.60. The summed E-state index contributed by atoms with van der Waals surface area (Å²) in [4.78, 5) is 28.4. The first-order valence-corrected chi connectivity index (χ1v) is 11.4. The minimum absolute atomic E-state index is 0.0785. The van der Waals surface area contributed by atoms with Crippen LogP contribution in [0.2, 0.25) is 0 Å². The first kappa shape index (κ1) is 23.4. The van der Waals surface area contributed by atoms with Crippen LogP contribution in [-0.4, -0.2) is 44.0 Å². The molecule has 2 amide bonds. The number of carbonyl (C=O) groups excluding carboxylic acids is 2. The van der Waals surface area contributed by atoms with Gasteiger partial charge in [0.15, 0.2) is 0 Å². The highest BCUT2D eigenvalue weighted by Crippen LogP contribution is 2.40. The number of amides is 2. The van der Waals surface area contributed by atoms with Gasteiger partial charge in [-0.05, 0) is 42.8 Å². The van der Waals surface area contributed by atoms with Gasteiger partial charge in [-0.2, -0.15) is 0 Å². The Labute approximate surface area is 200 Å². The number of ether oxygens (including phenoxy) is 2. The highest BCUT2D eigenvalue weighted by Gasteiger charge is 2.41. The molecule has 1 saturated heterocycles. The Morgan fingerprint density at radius 3 is 2.35 bits per heavy atom. The zero-order chi connectivity index (χ0) is 24.1. The lowest BCUT2D eigenvalue weighted by atomic mass is 9.87. The summed E-state index contributed by atoms with van der Waals surface area (Å²) in [6.45, 7) is 3.17. The third-order valence-electron chi connectivity index (χ3n) is 6.39. The van der Waals surface area contributed by atoms with Gasteiger partial charge in [0, 0.05) is 36.7 Å². The van der Waals surface area contributed by atoms with E-state index >= 15 is 0 Å². The van der Waals surface area contributed by atoms with Crippen molar-refractivity contribution in [2.24, 2.45) is 5.92 Å². The molecule has 1 N–H and O–H groups in total. The number of carbonyl (C=O) groups is 2. The van der Waals surface area contributed by atoms with Gasteiger partial charge >= 0.3 is 0 Å². The predicted octanol–water partition coefficient (Wildman–Crippen LogP) is 4.18. The molecule has 6 nitrogen and oxygen atoms in total. The van der Waals surface area contributed by atoms with Crippen LogP contribution < -0.4 is 14.8 Å². The predicted molar refractivity (Wildman–Crippen MR) is 131 cm³/mol. The molecule has 0 saturated carbocycles. The van der Waals surface area contributed by atoms with Gasteiger partial charge in [0.05, 0.1) is 20.1 Å². The average Bonchev–Trinajstić information content (AvgIpc) is 3.33. The SMILES string of the molecule is COc1ccc(OC)c([C@@H]2CN(C(=O)c3ccc(C)cc3)C[C@@H]2C(=O)NCc2ccccc2)c1. The number of likely N-dealkylation sites (tertiary alicyclic amines) is 1. The molecule has 0 bridgehead atoms. The molecular formula is C28H30N2O4. The summed E-state index contributed by atoms with van der Waals surface area (Å²) in [7, 11) is 3.22. The van der Waals surface area contributed by atoms with Crippen molar-refractivity contribution in [1.82, 2.24) is 10.2 Å². The van der Waals surface area contributed by atoms with Crippen molar-refractivity contribution in [1.29, 1.82) is 0 Å². The molecule has 0 radical (unpaired) electrons. The monoisotopic (exact) mass is 458 g/mol. The molecule has 176 valence electrons. The minimum Gasteiger partial charge on any atom is -0.497 e. The molecule has 0 aliphatic carbocycles. The number of nitrogens with zero attached hydrogens (tertiary/aromatic N) is 1. The Morgan fingerprint density at radius 2 is 1.68 bits per heavy atom. The fraction of sp³-hybridized carbons (Fsp3) is 0.286. The van der Waals surface area contributed by atoms with Crippen LogP contribution in [0.1, 0.15) is 33.0 Å². The Bertz CT molecular complexity index is 1140. The molecule has 1 aliphatic rings. The molecule has 1 aliphatic heterocycles. The summed E-state index contributed by atoms with van der Waals surface area (Å²) < 4.78 is 11.1. The van der Waals surface area contributed by atoms with Gasteiger partial charge in [-0.25, -0.2) is 0 Å². The zero-order valence-corrected chi connectivity index (χ0v) is 19.8. The Kier molecular flexibility index (Phi) is 7.16. The van der Waals surface area contributed by atoms with Gasteiger partial charge in [-0.1, -0.05) is 48.0 Å². The maximum Gasteiger partial charge on any atom is 0.253 e. The lowest BCUT2D eigenvalue weighted by molar-refractivity contribution is -0.125. The van der Waals surface area contributed by atoms with Gasteiger partial charge in [0.1, 0.15) is 11.5 Å². The smallest absolute Gasteiger partial charge is 0.253 e. The topological polar surface area (TPSA) is 67.9 Å². The van der Waals surface area contributed by atoms with Gasteiger partial charge in [-0.15, -0.1) is 0 Å². The van der Waals surface area contributed by atoms with Crippen LogP contribution in [0.4, 0.5) is 0 Å². The molecule has 1 heterocycles. The van der Waals surface area contributed by atoms with Crippen molar-refractivity contribution >= 4 is 11.8 Å². The lowest BCUT2D eigenvalue weighted by Crippen LogP contribution is -2.35. The van der Waals surface area contributed by atoms with E-state index in [2.05, 4.69) is 5.32 Å². The number of hydrogen-bond acceptors (Lipinski definition) is 4. The molecule has 0 unspecified atom stereocenters. The van der Waals surface area contributed by atoms with Crippen LogP contribution in [0.25, 0.3) is 0 Å². The number of aryl methyl sites for hydroxylation is 1. The molecule has 3 aromatic carbocycles. The molecule has 0 spiro atoms. The summed E-state index contributed by atoms with van der Waals surface area (Å²) in [5, 5.41) is 3.06. The molecular weight excluding hydrogens is 428 g/mol. The van der Waals surface area contributed by atoms with Crippen molar-refractivity contribution in [3.05, 3.63) is 95.1 Å². The molecule has 0 aromatic heterocycles. The quantitative estimate of drug-likeness (QED) is 0.577. The van der Waals surface area contributed by atoms with Crippen LogP contribution in [0.5, 0.6) is 11.5 Å². The van der Waals surface area contributed by atoms with E-state index in [1.165, 1.54) is 0 Å². The first-order chi connectivity index (χ1) is 16.5. The molecule has 2 atom stereocenters. The van der Waals surface area contributed by atoms with Crippen LogP contribution in [-0.2, 0) is 11.3 Å². The van der Waals surface area contributed by atoms with Crippen molar-refractivity contribution in [3.63, 3.8) is 0 Å². The van der Waals surface area contributed by atoms with Crippen LogP contribution >= 0.6 is 0 Å². The van der Waals surface area contributed by atoms with Crippen molar-refractivity contribution in [2.45, 2.75) is 19.4 Å². The number of nitrogens with one attached hydrogen (secondary N) is 1. The maximum atomic E-state index is 13.4. The van der Waals surface area contributed by atoms with Crippen LogP contribution in [0.15, 0.2) is 72.8 Å². The van der Waals surface area contributed by atoms with E-state index < -0.39 is 5.92 Å². The summed E-state index contributed by atoms with van der Waals surface area (Å²) in [6.07, 6.45) is 0. The van der Waals surface area contributed by atoms with Crippen LogP contribution in [0.3, 0.4) is 0 Å². The normalized spacial score (nSPS) is 17.3. The summed E-state index contributed by atoms with van der Waals surface area (Å²) in [5.41, 5.74) is 3.60. The highest BCUT2D eigenvalue weighted by molar-refractivity contribution is 5.95. The Hall–Kier alpha value is -3.80. The largest absolute Gasteiger partial charge is 0.497 e. The first-order valence-electron chi connectivity index (χ1n) is 11.4. The fourth-order valence-corrected chi connectivity index (χ4v) is 4.47. The maximum absolute atomic E-state index is 13.4. The van der Waals surface area contributed by atoms with Gasteiger partial charge in [0.2, 0.25) is 5.91 Å². The van der Waals surface area contributed by atoms with Gasteiger partial charge in [-0.3, -0.25) is 9.59 Å². The number of methoxy groups -OCH3 is 2. The van der Waals surface area contributed by atoms with E-state index in [9.17, 15) is 9.59 Å². The second kappa shape index (κ2) is 10.4. The third kappa shape index (κ3) is 5.06. The van der Waals surface area contributed by atoms with Crippen molar-refractivity contribution in [3.8, 4) is 11.5 Å². The summed E-state index contributed by atoms with van der Waals surface area (Å²) in [6, 6.07) is 22.9. The summed E-state index contributed by atoms with van der Waals surface area (Å²) >= 11 is 0. The average molecular weight is 459 g/mol. The second-order valence-corrected chi connectivity index (χ2v) is 8.60. The third-order valence-corrected chi connectivity index (χ3v) is 6.39. The summed E-state index contributed by atoms with van der Waals surface area (Å²) in [5.74, 6) is 0.552. The van der Waals surface area contributed by atoms with Gasteiger partial charge < -0.3 is 19.7 Å². The molecule has 3 aromatic rings. The fourth-order valence-electron chi connectivity index (χ4n) is 4.47. The van der Waals surface area contributed by atoms with Gasteiger partial charge in [0.25, 0.3) is 5.91 Å². The van der Waals surface area contributed by atoms with E-state index in [0.29, 0.717) is 36.7 Å². The molecule has 1 fully saturated rings. The lowest BCUT2D eigenvalue weighted by Gasteiger charge is -2.21. The van der Waals surface area contributed by atoms with E-state index in [1.807, 2.05) is 79.7 Å². The highest BCUT2D eigenvalue weighted by atomic mass is 16.5. The van der Waals surface area contributed by atoms with E-state index in [-0.39, 0.29) is 17.7 Å². The Balaban J connectivity index is 1.62. The Morgan fingerprint density at radius 1 is 0.941 bits per heavy atom. The standard InChI is InChI=1S/C28H30N2O4/c1-19-9-11-21(12-10-19)28(32)30-17-24(23-15-22(33-2)13-14-26(23)34-3)25(18-30)27(31)29-16-20-7-5-4-6-8-20/h4-15,24-25H,16-18H2,1-3H3,(H,29,31)/t24-,25-/m0/s1.